The third kappa shape index (κ3) is 5.35. The van der Waals surface area contributed by atoms with Gasteiger partial charge in [0.15, 0.2) is 0 Å². The third-order valence-corrected chi connectivity index (χ3v) is 5.22. The van der Waals surface area contributed by atoms with E-state index in [4.69, 9.17) is 0 Å². The lowest BCUT2D eigenvalue weighted by Crippen LogP contribution is -2.46. The van der Waals surface area contributed by atoms with E-state index in [-0.39, 0.29) is 24.3 Å². The van der Waals surface area contributed by atoms with E-state index in [9.17, 15) is 9.59 Å². The number of nitrogens with zero attached hydrogens (tertiary/aromatic N) is 1. The number of rotatable bonds is 5. The van der Waals surface area contributed by atoms with Crippen LogP contribution in [0.2, 0.25) is 0 Å². The fraction of sp³-hybridized carbons (Fsp3) is 0.579. The van der Waals surface area contributed by atoms with E-state index in [1.54, 1.807) is 4.90 Å². The number of benzene rings is 1. The molecule has 1 aromatic carbocycles. The number of hydrogen-bond acceptors (Lipinski definition) is 3. The number of anilines is 2. The van der Waals surface area contributed by atoms with E-state index >= 15 is 0 Å². The van der Waals surface area contributed by atoms with E-state index in [1.165, 1.54) is 0 Å². The molecule has 2 aliphatic rings. The second-order valence-electron chi connectivity index (χ2n) is 7.10. The molecule has 0 aromatic heterocycles. The maximum Gasteiger partial charge on any atom is 0.321 e. The van der Waals surface area contributed by atoms with E-state index in [0.29, 0.717) is 24.8 Å². The SMILES string of the molecule is CC(CC(=O)Nc1cccc(N2CCCNC2=O)c1)C1CCNCC1.Cl. The minimum atomic E-state index is -0.0748. The number of amides is 3. The van der Waals surface area contributed by atoms with Crippen molar-refractivity contribution in [3.05, 3.63) is 24.3 Å². The topological polar surface area (TPSA) is 73.5 Å². The lowest BCUT2D eigenvalue weighted by molar-refractivity contribution is -0.117. The van der Waals surface area contributed by atoms with Crippen molar-refractivity contribution in [2.24, 2.45) is 11.8 Å². The van der Waals surface area contributed by atoms with Crippen molar-refractivity contribution < 1.29 is 9.59 Å². The van der Waals surface area contributed by atoms with Gasteiger partial charge in [-0.3, -0.25) is 9.69 Å². The Morgan fingerprint density at radius 2 is 2.08 bits per heavy atom. The van der Waals surface area contributed by atoms with Crippen molar-refractivity contribution in [1.82, 2.24) is 10.6 Å². The zero-order chi connectivity index (χ0) is 17.6. The summed E-state index contributed by atoms with van der Waals surface area (Å²) in [4.78, 5) is 26.1. The molecule has 2 aliphatic heterocycles. The zero-order valence-corrected chi connectivity index (χ0v) is 16.1. The van der Waals surface area contributed by atoms with Crippen LogP contribution in [0.15, 0.2) is 24.3 Å². The van der Waals surface area contributed by atoms with Crippen LogP contribution in [0.3, 0.4) is 0 Å². The van der Waals surface area contributed by atoms with Crippen LogP contribution >= 0.6 is 12.4 Å². The largest absolute Gasteiger partial charge is 0.338 e. The highest BCUT2D eigenvalue weighted by Crippen LogP contribution is 2.25. The number of piperidine rings is 1. The van der Waals surface area contributed by atoms with Crippen LogP contribution in [0.5, 0.6) is 0 Å². The first-order valence-corrected chi connectivity index (χ1v) is 9.29. The normalized spacial score (nSPS) is 19.3. The summed E-state index contributed by atoms with van der Waals surface area (Å²) in [6.07, 6.45) is 3.76. The van der Waals surface area contributed by atoms with Crippen LogP contribution in [0, 0.1) is 11.8 Å². The van der Waals surface area contributed by atoms with Gasteiger partial charge in [-0.2, -0.15) is 0 Å². The standard InChI is InChI=1S/C19H28N4O2.ClH/c1-14(15-6-9-20-10-7-15)12-18(24)22-16-4-2-5-17(13-16)23-11-3-8-21-19(23)25;/h2,4-5,13-15,20H,3,6-12H2,1H3,(H,21,25)(H,22,24);1H. The molecule has 0 aliphatic carbocycles. The maximum atomic E-state index is 12.4. The number of urea groups is 1. The molecule has 7 heteroatoms. The molecule has 2 fully saturated rings. The summed E-state index contributed by atoms with van der Waals surface area (Å²) in [6.45, 7) is 5.70. The molecule has 2 heterocycles. The van der Waals surface area contributed by atoms with Gasteiger partial charge >= 0.3 is 6.03 Å². The molecule has 2 saturated heterocycles. The van der Waals surface area contributed by atoms with Gasteiger partial charge in [-0.15, -0.1) is 12.4 Å². The molecule has 26 heavy (non-hydrogen) atoms. The van der Waals surface area contributed by atoms with Crippen LogP contribution in [0.4, 0.5) is 16.2 Å². The Balaban J connectivity index is 0.00000243. The monoisotopic (exact) mass is 380 g/mol. The molecule has 0 saturated carbocycles. The van der Waals surface area contributed by atoms with Gasteiger partial charge in [0.05, 0.1) is 0 Å². The van der Waals surface area contributed by atoms with Crippen molar-refractivity contribution in [3.63, 3.8) is 0 Å². The van der Waals surface area contributed by atoms with Crippen molar-refractivity contribution in [3.8, 4) is 0 Å². The van der Waals surface area contributed by atoms with Crippen LogP contribution < -0.4 is 20.9 Å². The van der Waals surface area contributed by atoms with Crippen LogP contribution in [0.1, 0.15) is 32.6 Å². The second-order valence-corrected chi connectivity index (χ2v) is 7.10. The lowest BCUT2D eigenvalue weighted by Gasteiger charge is -2.28. The summed E-state index contributed by atoms with van der Waals surface area (Å²) in [7, 11) is 0. The summed E-state index contributed by atoms with van der Waals surface area (Å²) >= 11 is 0. The highest BCUT2D eigenvalue weighted by atomic mass is 35.5. The summed E-state index contributed by atoms with van der Waals surface area (Å²) in [5, 5.41) is 9.21. The predicted octanol–water partition coefficient (Wildman–Crippen LogP) is 2.99. The molecule has 3 N–H and O–H groups in total. The average Bonchev–Trinajstić information content (AvgIpc) is 2.63. The molecule has 1 atom stereocenters. The molecule has 3 amide bonds. The number of nitrogens with one attached hydrogen (secondary N) is 3. The van der Waals surface area contributed by atoms with E-state index < -0.39 is 0 Å². The highest BCUT2D eigenvalue weighted by molar-refractivity contribution is 5.95. The second kappa shape index (κ2) is 9.78. The van der Waals surface area contributed by atoms with Gasteiger partial charge in [0, 0.05) is 30.9 Å². The molecule has 1 unspecified atom stereocenters. The van der Waals surface area contributed by atoms with Crippen molar-refractivity contribution in [2.45, 2.75) is 32.6 Å². The fourth-order valence-corrected chi connectivity index (χ4v) is 3.71. The first kappa shape index (κ1) is 20.5. The van der Waals surface area contributed by atoms with Gasteiger partial charge in [-0.05, 0) is 62.4 Å². The van der Waals surface area contributed by atoms with Gasteiger partial charge in [0.1, 0.15) is 0 Å². The van der Waals surface area contributed by atoms with Gasteiger partial charge in [-0.25, -0.2) is 4.79 Å². The van der Waals surface area contributed by atoms with Gasteiger partial charge < -0.3 is 16.0 Å². The molecular formula is C19H29ClN4O2. The van der Waals surface area contributed by atoms with Crippen LogP contribution in [-0.4, -0.2) is 38.1 Å². The first-order valence-electron chi connectivity index (χ1n) is 9.29. The number of hydrogen-bond donors (Lipinski definition) is 3. The Morgan fingerprint density at radius 1 is 1.31 bits per heavy atom. The summed E-state index contributed by atoms with van der Waals surface area (Å²) in [5.74, 6) is 1.06. The van der Waals surface area contributed by atoms with Gasteiger partial charge in [0.25, 0.3) is 0 Å². The third-order valence-electron chi connectivity index (χ3n) is 5.22. The van der Waals surface area contributed by atoms with Crippen molar-refractivity contribution in [2.75, 3.05) is 36.4 Å². The fourth-order valence-electron chi connectivity index (χ4n) is 3.71. The number of carbonyl (C=O) groups excluding carboxylic acids is 2. The van der Waals surface area contributed by atoms with Gasteiger partial charge in [-0.1, -0.05) is 13.0 Å². The Bertz CT molecular complexity index is 619. The summed E-state index contributed by atoms with van der Waals surface area (Å²) < 4.78 is 0. The van der Waals surface area contributed by atoms with Crippen LogP contribution in [0.25, 0.3) is 0 Å². The van der Waals surface area contributed by atoms with E-state index in [1.807, 2.05) is 24.3 Å². The minimum Gasteiger partial charge on any atom is -0.338 e. The first-order chi connectivity index (χ1) is 12.1. The Kier molecular flexibility index (Phi) is 7.72. The molecule has 0 radical (unpaired) electrons. The Morgan fingerprint density at radius 3 is 2.81 bits per heavy atom. The highest BCUT2D eigenvalue weighted by Gasteiger charge is 2.22. The van der Waals surface area contributed by atoms with Crippen molar-refractivity contribution >= 4 is 35.7 Å². The average molecular weight is 381 g/mol. The Hall–Kier alpha value is -1.79. The predicted molar refractivity (Wildman–Crippen MR) is 107 cm³/mol. The molecule has 3 rings (SSSR count). The molecular weight excluding hydrogens is 352 g/mol. The summed E-state index contributed by atoms with van der Waals surface area (Å²) in [6, 6.07) is 7.45. The van der Waals surface area contributed by atoms with Gasteiger partial charge in [0.2, 0.25) is 5.91 Å². The van der Waals surface area contributed by atoms with E-state index in [2.05, 4.69) is 22.9 Å². The minimum absolute atomic E-state index is 0. The summed E-state index contributed by atoms with van der Waals surface area (Å²) in [5.41, 5.74) is 1.57. The molecule has 6 nitrogen and oxygen atoms in total. The Labute approximate surface area is 161 Å². The number of carbonyl (C=O) groups is 2. The lowest BCUT2D eigenvalue weighted by atomic mass is 9.84. The maximum absolute atomic E-state index is 12.4. The smallest absolute Gasteiger partial charge is 0.321 e. The van der Waals surface area contributed by atoms with Crippen molar-refractivity contribution in [1.29, 1.82) is 0 Å². The number of halogens is 1. The molecule has 144 valence electrons. The van der Waals surface area contributed by atoms with E-state index in [0.717, 1.165) is 50.3 Å². The molecule has 1 aromatic rings. The van der Waals surface area contributed by atoms with Crippen LogP contribution in [-0.2, 0) is 4.79 Å². The molecule has 0 bridgehead atoms. The molecule has 0 spiro atoms. The quantitative estimate of drug-likeness (QED) is 0.735. The zero-order valence-electron chi connectivity index (χ0n) is 15.3.